The van der Waals surface area contributed by atoms with Gasteiger partial charge < -0.3 is 5.11 Å². The van der Waals surface area contributed by atoms with Gasteiger partial charge in [0.15, 0.2) is 5.16 Å². The summed E-state index contributed by atoms with van der Waals surface area (Å²) in [5.74, 6) is 0. The van der Waals surface area contributed by atoms with Gasteiger partial charge in [-0.25, -0.2) is 9.89 Å². The lowest BCUT2D eigenvalue weighted by molar-refractivity contribution is 0.285. The van der Waals surface area contributed by atoms with Gasteiger partial charge in [-0.2, -0.15) is 0 Å². The van der Waals surface area contributed by atoms with Gasteiger partial charge in [0, 0.05) is 11.4 Å². The van der Waals surface area contributed by atoms with Crippen LogP contribution in [0.15, 0.2) is 26.3 Å². The van der Waals surface area contributed by atoms with E-state index in [9.17, 15) is 4.79 Å². The van der Waals surface area contributed by atoms with Crippen LogP contribution in [-0.4, -0.2) is 19.9 Å². The van der Waals surface area contributed by atoms with Gasteiger partial charge in [-0.3, -0.25) is 4.57 Å². The Kier molecular flexibility index (Phi) is 4.03. The Bertz CT molecular complexity index is 544. The highest BCUT2D eigenvalue weighted by Crippen LogP contribution is 2.31. The molecule has 2 aromatic rings. The van der Waals surface area contributed by atoms with Gasteiger partial charge in [-0.1, -0.05) is 6.92 Å². The summed E-state index contributed by atoms with van der Waals surface area (Å²) >= 11 is 2.95. The number of aromatic amines is 1. The molecule has 0 saturated heterocycles. The molecule has 0 aromatic carbocycles. The maximum absolute atomic E-state index is 11.5. The molecule has 7 heteroatoms. The molecule has 2 rings (SSSR count). The largest absolute Gasteiger partial charge is 0.391 e. The molecule has 0 unspecified atom stereocenters. The summed E-state index contributed by atoms with van der Waals surface area (Å²) < 4.78 is 2.65. The minimum atomic E-state index is -0.173. The number of hydrogen-bond donors (Lipinski definition) is 2. The molecule has 0 spiro atoms. The van der Waals surface area contributed by atoms with Gasteiger partial charge in [-0.05, 0) is 30.3 Å². The van der Waals surface area contributed by atoms with Crippen molar-refractivity contribution in [1.29, 1.82) is 0 Å². The van der Waals surface area contributed by atoms with Gasteiger partial charge >= 0.3 is 5.69 Å². The van der Waals surface area contributed by atoms with Crippen molar-refractivity contribution in [1.82, 2.24) is 14.8 Å². The Balaban J connectivity index is 2.20. The summed E-state index contributed by atoms with van der Waals surface area (Å²) in [5, 5.41) is 16.1. The van der Waals surface area contributed by atoms with Crippen LogP contribution in [0.2, 0.25) is 0 Å². The predicted molar refractivity (Wildman–Crippen MR) is 67.5 cm³/mol. The van der Waals surface area contributed by atoms with Crippen molar-refractivity contribution in [3.05, 3.63) is 27.5 Å². The normalized spacial score (nSPS) is 10.9. The molecule has 0 bridgehead atoms. The third-order valence-corrected chi connectivity index (χ3v) is 4.35. The van der Waals surface area contributed by atoms with Crippen molar-refractivity contribution in [2.24, 2.45) is 0 Å². The first-order chi connectivity index (χ1) is 8.24. The van der Waals surface area contributed by atoms with Crippen LogP contribution in [-0.2, 0) is 13.2 Å². The van der Waals surface area contributed by atoms with Gasteiger partial charge in [0.25, 0.3) is 0 Å². The van der Waals surface area contributed by atoms with Crippen molar-refractivity contribution < 1.29 is 5.11 Å². The van der Waals surface area contributed by atoms with Crippen molar-refractivity contribution in [2.45, 2.75) is 35.9 Å². The Morgan fingerprint density at radius 1 is 1.59 bits per heavy atom. The number of aromatic nitrogens is 3. The molecular formula is C10H13N3O2S2. The zero-order valence-electron chi connectivity index (χ0n) is 9.34. The molecule has 0 atom stereocenters. The number of aliphatic hydroxyl groups excluding tert-OH is 1. The number of nitrogens with one attached hydrogen (secondary N) is 1. The second-order valence-corrected chi connectivity index (χ2v) is 5.88. The smallest absolute Gasteiger partial charge is 0.343 e. The third-order valence-electron chi connectivity index (χ3n) is 2.16. The van der Waals surface area contributed by atoms with E-state index in [4.69, 9.17) is 5.11 Å². The fraction of sp³-hybridized carbons (Fsp3) is 0.400. The Labute approximate surface area is 106 Å². The second kappa shape index (κ2) is 5.52. The first-order valence-electron chi connectivity index (χ1n) is 5.27. The Hall–Kier alpha value is -1.05. The van der Waals surface area contributed by atoms with E-state index in [1.807, 2.05) is 19.1 Å². The molecule has 0 radical (unpaired) electrons. The lowest BCUT2D eigenvalue weighted by Gasteiger charge is -2.01. The number of nitrogens with zero attached hydrogens (tertiary/aromatic N) is 2. The van der Waals surface area contributed by atoms with E-state index >= 15 is 0 Å². The maximum atomic E-state index is 11.5. The molecule has 0 saturated carbocycles. The summed E-state index contributed by atoms with van der Waals surface area (Å²) in [6.45, 7) is 2.73. The standard InChI is InChI=1S/C10H13N3O2S2/c1-2-5-13-9(15)11-12-10(13)17-8-4-3-7(6-14)16-8/h3-4,14H,2,5-6H2,1H3,(H,11,15). The lowest BCUT2D eigenvalue weighted by Crippen LogP contribution is -2.17. The van der Waals surface area contributed by atoms with E-state index in [2.05, 4.69) is 10.2 Å². The number of aliphatic hydroxyl groups is 1. The molecule has 0 aliphatic carbocycles. The van der Waals surface area contributed by atoms with E-state index in [1.54, 1.807) is 4.57 Å². The molecule has 2 N–H and O–H groups in total. The SMILES string of the molecule is CCCn1c(Sc2ccc(CO)s2)n[nH]c1=O. The van der Waals surface area contributed by atoms with Crippen LogP contribution in [0.3, 0.4) is 0 Å². The predicted octanol–water partition coefficient (Wildman–Crippen LogP) is 1.69. The van der Waals surface area contributed by atoms with E-state index in [0.29, 0.717) is 11.7 Å². The third kappa shape index (κ3) is 2.80. The Morgan fingerprint density at radius 2 is 2.41 bits per heavy atom. The molecule has 5 nitrogen and oxygen atoms in total. The quantitative estimate of drug-likeness (QED) is 0.868. The summed E-state index contributed by atoms with van der Waals surface area (Å²) in [6.07, 6.45) is 0.888. The van der Waals surface area contributed by atoms with Crippen LogP contribution in [0.5, 0.6) is 0 Å². The molecule has 0 aliphatic rings. The first kappa shape index (κ1) is 12.4. The zero-order valence-corrected chi connectivity index (χ0v) is 11.0. The first-order valence-corrected chi connectivity index (χ1v) is 6.90. The van der Waals surface area contributed by atoms with Gasteiger partial charge in [-0.15, -0.1) is 16.4 Å². The molecule has 17 heavy (non-hydrogen) atoms. The van der Waals surface area contributed by atoms with E-state index < -0.39 is 0 Å². The average Bonchev–Trinajstić information content (AvgIpc) is 2.91. The number of rotatable bonds is 5. The highest BCUT2D eigenvalue weighted by Gasteiger charge is 2.10. The van der Waals surface area contributed by atoms with Gasteiger partial charge in [0.05, 0.1) is 10.8 Å². The molecular weight excluding hydrogens is 258 g/mol. The fourth-order valence-electron chi connectivity index (χ4n) is 1.39. The molecule has 0 fully saturated rings. The van der Waals surface area contributed by atoms with E-state index in [1.165, 1.54) is 23.1 Å². The number of thiophene rings is 1. The van der Waals surface area contributed by atoms with Gasteiger partial charge in [0.2, 0.25) is 0 Å². The van der Waals surface area contributed by atoms with E-state index in [-0.39, 0.29) is 12.3 Å². The molecule has 2 heterocycles. The van der Waals surface area contributed by atoms with Crippen LogP contribution in [0.25, 0.3) is 0 Å². The summed E-state index contributed by atoms with van der Waals surface area (Å²) in [6, 6.07) is 3.80. The van der Waals surface area contributed by atoms with Crippen molar-refractivity contribution in [2.75, 3.05) is 0 Å². The zero-order chi connectivity index (χ0) is 12.3. The van der Waals surface area contributed by atoms with Crippen molar-refractivity contribution in [3.8, 4) is 0 Å². The average molecular weight is 271 g/mol. The van der Waals surface area contributed by atoms with Crippen LogP contribution in [0, 0.1) is 0 Å². The van der Waals surface area contributed by atoms with Crippen LogP contribution >= 0.6 is 23.1 Å². The highest BCUT2D eigenvalue weighted by molar-refractivity contribution is 8.01. The Morgan fingerprint density at radius 3 is 3.06 bits per heavy atom. The van der Waals surface area contributed by atoms with Crippen LogP contribution in [0.1, 0.15) is 18.2 Å². The molecule has 0 aliphatic heterocycles. The summed E-state index contributed by atoms with van der Waals surface area (Å²) in [7, 11) is 0. The lowest BCUT2D eigenvalue weighted by atomic mass is 10.5. The fourth-order valence-corrected chi connectivity index (χ4v) is 3.39. The van der Waals surface area contributed by atoms with Crippen LogP contribution < -0.4 is 5.69 Å². The van der Waals surface area contributed by atoms with Gasteiger partial charge in [0.1, 0.15) is 0 Å². The van der Waals surface area contributed by atoms with Crippen molar-refractivity contribution in [3.63, 3.8) is 0 Å². The maximum Gasteiger partial charge on any atom is 0.343 e. The second-order valence-electron chi connectivity index (χ2n) is 3.44. The minimum Gasteiger partial charge on any atom is -0.391 e. The summed E-state index contributed by atoms with van der Waals surface area (Å²) in [5.41, 5.74) is -0.173. The van der Waals surface area contributed by atoms with E-state index in [0.717, 1.165) is 15.5 Å². The molecule has 92 valence electrons. The number of H-pyrrole nitrogens is 1. The molecule has 2 aromatic heterocycles. The monoisotopic (exact) mass is 271 g/mol. The minimum absolute atomic E-state index is 0.0492. The number of hydrogen-bond acceptors (Lipinski definition) is 5. The topological polar surface area (TPSA) is 70.9 Å². The van der Waals surface area contributed by atoms with Crippen molar-refractivity contribution >= 4 is 23.1 Å². The highest BCUT2D eigenvalue weighted by atomic mass is 32.2. The molecule has 0 amide bonds. The van der Waals surface area contributed by atoms with Crippen LogP contribution in [0.4, 0.5) is 0 Å². The summed E-state index contributed by atoms with van der Waals surface area (Å²) in [4.78, 5) is 12.4.